The highest BCUT2D eigenvalue weighted by Gasteiger charge is 2.33. The second kappa shape index (κ2) is 3.92. The molecule has 0 saturated carbocycles. The SMILES string of the molecule is CC1(Cc2nnnn2-c2ccccc2)CNC1. The van der Waals surface area contributed by atoms with Crippen molar-refractivity contribution in [1.29, 1.82) is 0 Å². The minimum atomic E-state index is 0.293. The van der Waals surface area contributed by atoms with Crippen molar-refractivity contribution >= 4 is 0 Å². The van der Waals surface area contributed by atoms with E-state index >= 15 is 0 Å². The minimum Gasteiger partial charge on any atom is -0.316 e. The molecule has 1 saturated heterocycles. The molecule has 1 aromatic carbocycles. The Morgan fingerprint density at radius 1 is 1.29 bits per heavy atom. The van der Waals surface area contributed by atoms with Gasteiger partial charge in [0.25, 0.3) is 0 Å². The molecule has 1 fully saturated rings. The molecular formula is C12H15N5. The highest BCUT2D eigenvalue weighted by molar-refractivity contribution is 5.30. The Morgan fingerprint density at radius 2 is 2.06 bits per heavy atom. The second-order valence-corrected chi connectivity index (χ2v) is 4.93. The van der Waals surface area contributed by atoms with E-state index in [0.29, 0.717) is 5.41 Å². The van der Waals surface area contributed by atoms with Gasteiger partial charge in [0.05, 0.1) is 5.69 Å². The van der Waals surface area contributed by atoms with E-state index in [2.05, 4.69) is 27.8 Å². The van der Waals surface area contributed by atoms with Crippen LogP contribution in [0.2, 0.25) is 0 Å². The topological polar surface area (TPSA) is 55.6 Å². The first-order chi connectivity index (χ1) is 8.27. The number of para-hydroxylation sites is 1. The Hall–Kier alpha value is -1.75. The zero-order valence-corrected chi connectivity index (χ0v) is 9.80. The van der Waals surface area contributed by atoms with Crippen LogP contribution in [0.4, 0.5) is 0 Å². The predicted octanol–water partition coefficient (Wildman–Crippen LogP) is 0.814. The standard InChI is InChI=1S/C12H15N5/c1-12(8-13-9-12)7-11-14-15-16-17(11)10-5-3-2-4-6-10/h2-6,13H,7-9H2,1H3. The molecule has 0 bridgehead atoms. The number of rotatable bonds is 3. The maximum absolute atomic E-state index is 4.13. The zero-order valence-electron chi connectivity index (χ0n) is 9.80. The summed E-state index contributed by atoms with van der Waals surface area (Å²) in [6.07, 6.45) is 0.905. The molecule has 0 aliphatic carbocycles. The van der Waals surface area contributed by atoms with Gasteiger partial charge < -0.3 is 5.32 Å². The van der Waals surface area contributed by atoms with Crippen molar-refractivity contribution in [2.24, 2.45) is 5.41 Å². The molecule has 5 nitrogen and oxygen atoms in total. The lowest BCUT2D eigenvalue weighted by Crippen LogP contribution is -2.52. The summed E-state index contributed by atoms with van der Waals surface area (Å²) in [6, 6.07) is 10.0. The van der Waals surface area contributed by atoms with Crippen LogP contribution < -0.4 is 5.32 Å². The molecule has 88 valence electrons. The normalized spacial score (nSPS) is 17.7. The van der Waals surface area contributed by atoms with Crippen LogP contribution in [-0.2, 0) is 6.42 Å². The van der Waals surface area contributed by atoms with E-state index in [0.717, 1.165) is 31.0 Å². The quantitative estimate of drug-likeness (QED) is 0.846. The highest BCUT2D eigenvalue weighted by atomic mass is 15.5. The predicted molar refractivity (Wildman–Crippen MR) is 63.8 cm³/mol. The van der Waals surface area contributed by atoms with Gasteiger partial charge in [0.15, 0.2) is 5.82 Å². The molecule has 0 unspecified atom stereocenters. The van der Waals surface area contributed by atoms with Crippen LogP contribution in [0.1, 0.15) is 12.7 Å². The lowest BCUT2D eigenvalue weighted by molar-refractivity contribution is 0.190. The van der Waals surface area contributed by atoms with Crippen LogP contribution >= 0.6 is 0 Å². The van der Waals surface area contributed by atoms with E-state index in [1.807, 2.05) is 35.0 Å². The Kier molecular flexibility index (Phi) is 2.40. The fourth-order valence-electron chi connectivity index (χ4n) is 2.14. The van der Waals surface area contributed by atoms with Crippen molar-refractivity contribution < 1.29 is 0 Å². The number of nitrogens with zero attached hydrogens (tertiary/aromatic N) is 4. The molecule has 2 heterocycles. The average molecular weight is 229 g/mol. The van der Waals surface area contributed by atoms with Crippen molar-refractivity contribution in [3.05, 3.63) is 36.2 Å². The maximum Gasteiger partial charge on any atom is 0.157 e. The minimum absolute atomic E-state index is 0.293. The zero-order chi connectivity index (χ0) is 11.7. The maximum atomic E-state index is 4.13. The van der Waals surface area contributed by atoms with E-state index in [9.17, 15) is 0 Å². The second-order valence-electron chi connectivity index (χ2n) is 4.93. The molecule has 2 aromatic rings. The van der Waals surface area contributed by atoms with E-state index in [1.54, 1.807) is 0 Å². The largest absolute Gasteiger partial charge is 0.316 e. The molecule has 0 amide bonds. The summed E-state index contributed by atoms with van der Waals surface area (Å²) in [7, 11) is 0. The fourth-order valence-corrected chi connectivity index (χ4v) is 2.14. The van der Waals surface area contributed by atoms with Crippen molar-refractivity contribution in [1.82, 2.24) is 25.5 Å². The average Bonchev–Trinajstić information content (AvgIpc) is 2.76. The van der Waals surface area contributed by atoms with Gasteiger partial charge in [0.1, 0.15) is 0 Å². The Morgan fingerprint density at radius 3 is 2.71 bits per heavy atom. The fraction of sp³-hybridized carbons (Fsp3) is 0.417. The van der Waals surface area contributed by atoms with Crippen LogP contribution in [0.5, 0.6) is 0 Å². The Bertz CT molecular complexity index is 501. The summed E-state index contributed by atoms with van der Waals surface area (Å²) in [6.45, 7) is 4.33. The van der Waals surface area contributed by atoms with E-state index < -0.39 is 0 Å². The summed E-state index contributed by atoms with van der Waals surface area (Å²) in [5, 5.41) is 15.3. The molecule has 1 aromatic heterocycles. The van der Waals surface area contributed by atoms with Gasteiger partial charge in [-0.2, -0.15) is 4.68 Å². The van der Waals surface area contributed by atoms with Crippen LogP contribution in [0.25, 0.3) is 5.69 Å². The number of benzene rings is 1. The van der Waals surface area contributed by atoms with Crippen molar-refractivity contribution in [3.63, 3.8) is 0 Å². The number of aromatic nitrogens is 4. The summed E-state index contributed by atoms with van der Waals surface area (Å²) in [4.78, 5) is 0. The summed E-state index contributed by atoms with van der Waals surface area (Å²) >= 11 is 0. The number of nitrogens with one attached hydrogen (secondary N) is 1. The monoisotopic (exact) mass is 229 g/mol. The first-order valence-electron chi connectivity index (χ1n) is 5.80. The molecule has 3 rings (SSSR count). The van der Waals surface area contributed by atoms with Gasteiger partial charge in [0.2, 0.25) is 0 Å². The third-order valence-electron chi connectivity index (χ3n) is 3.22. The van der Waals surface area contributed by atoms with Gasteiger partial charge in [-0.1, -0.05) is 25.1 Å². The Balaban J connectivity index is 1.89. The molecule has 1 aliphatic heterocycles. The lowest BCUT2D eigenvalue weighted by Gasteiger charge is -2.38. The van der Waals surface area contributed by atoms with E-state index in [-0.39, 0.29) is 0 Å². The highest BCUT2D eigenvalue weighted by Crippen LogP contribution is 2.26. The lowest BCUT2D eigenvalue weighted by atomic mass is 9.80. The van der Waals surface area contributed by atoms with Gasteiger partial charge in [-0.15, -0.1) is 5.10 Å². The van der Waals surface area contributed by atoms with Crippen LogP contribution in [-0.4, -0.2) is 33.3 Å². The smallest absolute Gasteiger partial charge is 0.157 e. The van der Waals surface area contributed by atoms with Gasteiger partial charge in [0, 0.05) is 19.5 Å². The van der Waals surface area contributed by atoms with Crippen LogP contribution in [0.3, 0.4) is 0 Å². The van der Waals surface area contributed by atoms with Crippen molar-refractivity contribution in [2.75, 3.05) is 13.1 Å². The van der Waals surface area contributed by atoms with Crippen molar-refractivity contribution in [3.8, 4) is 5.69 Å². The Labute approximate surface area is 99.8 Å². The molecule has 0 radical (unpaired) electrons. The van der Waals surface area contributed by atoms with Crippen molar-refractivity contribution in [2.45, 2.75) is 13.3 Å². The number of hydrogen-bond donors (Lipinski definition) is 1. The molecule has 1 aliphatic rings. The number of hydrogen-bond acceptors (Lipinski definition) is 4. The van der Waals surface area contributed by atoms with Gasteiger partial charge >= 0.3 is 0 Å². The molecule has 1 N–H and O–H groups in total. The van der Waals surface area contributed by atoms with Gasteiger partial charge in [-0.25, -0.2) is 0 Å². The molecule has 0 spiro atoms. The third kappa shape index (κ3) is 1.93. The molecule has 0 atom stereocenters. The van der Waals surface area contributed by atoms with Crippen LogP contribution in [0, 0.1) is 5.41 Å². The summed E-state index contributed by atoms with van der Waals surface area (Å²) in [5.74, 6) is 0.931. The van der Waals surface area contributed by atoms with E-state index in [4.69, 9.17) is 0 Å². The van der Waals surface area contributed by atoms with E-state index in [1.165, 1.54) is 0 Å². The number of tetrazole rings is 1. The first-order valence-corrected chi connectivity index (χ1v) is 5.80. The molecule has 5 heteroatoms. The molecule has 17 heavy (non-hydrogen) atoms. The molecular weight excluding hydrogens is 214 g/mol. The van der Waals surface area contributed by atoms with Gasteiger partial charge in [-0.05, 0) is 28.0 Å². The van der Waals surface area contributed by atoms with Gasteiger partial charge in [-0.3, -0.25) is 0 Å². The summed E-state index contributed by atoms with van der Waals surface area (Å²) in [5.41, 5.74) is 1.31. The van der Waals surface area contributed by atoms with Crippen LogP contribution in [0.15, 0.2) is 30.3 Å². The first kappa shape index (κ1) is 10.4. The third-order valence-corrected chi connectivity index (χ3v) is 3.22. The summed E-state index contributed by atoms with van der Waals surface area (Å²) < 4.78 is 1.82.